The smallest absolute Gasteiger partial charge is 0.243 e. The number of amides is 2. The Hall–Kier alpha value is -2.37. The number of hydrogen-bond acceptors (Lipinski definition) is 3. The van der Waals surface area contributed by atoms with Crippen LogP contribution in [0.25, 0.3) is 0 Å². The van der Waals surface area contributed by atoms with Gasteiger partial charge in [0.2, 0.25) is 11.8 Å². The van der Waals surface area contributed by atoms with E-state index >= 15 is 0 Å². The Morgan fingerprint density at radius 1 is 1.00 bits per heavy atom. The molecule has 0 aliphatic carbocycles. The Labute approximate surface area is 165 Å². The van der Waals surface area contributed by atoms with Crippen LogP contribution in [0.1, 0.15) is 36.6 Å². The molecule has 5 nitrogen and oxygen atoms in total. The van der Waals surface area contributed by atoms with Gasteiger partial charge in [0, 0.05) is 16.8 Å². The van der Waals surface area contributed by atoms with Gasteiger partial charge in [0.05, 0.1) is 12.6 Å². The van der Waals surface area contributed by atoms with E-state index in [1.807, 2.05) is 63.2 Å². The van der Waals surface area contributed by atoms with Gasteiger partial charge >= 0.3 is 0 Å². The quantitative estimate of drug-likeness (QED) is 0.677. The molecule has 0 bridgehead atoms. The minimum atomic E-state index is -0.468. The van der Waals surface area contributed by atoms with E-state index in [2.05, 4.69) is 16.0 Å². The Morgan fingerprint density at radius 3 is 2.26 bits per heavy atom. The number of benzene rings is 2. The number of para-hydroxylation sites is 1. The number of anilines is 1. The molecule has 0 saturated heterocycles. The van der Waals surface area contributed by atoms with Crippen molar-refractivity contribution in [3.63, 3.8) is 0 Å². The predicted molar refractivity (Wildman–Crippen MR) is 110 cm³/mol. The molecule has 0 heterocycles. The van der Waals surface area contributed by atoms with Gasteiger partial charge < -0.3 is 10.6 Å². The number of aryl methyl sites for hydroxylation is 2. The molecule has 6 heteroatoms. The van der Waals surface area contributed by atoms with Crippen LogP contribution in [-0.4, -0.2) is 24.4 Å². The molecule has 0 aromatic heterocycles. The van der Waals surface area contributed by atoms with E-state index in [1.165, 1.54) is 0 Å². The maximum atomic E-state index is 12.3. The zero-order chi connectivity index (χ0) is 20.0. The van der Waals surface area contributed by atoms with Crippen molar-refractivity contribution >= 4 is 29.1 Å². The van der Waals surface area contributed by atoms with E-state index in [4.69, 9.17) is 11.6 Å². The Balaban J connectivity index is 1.86. The van der Waals surface area contributed by atoms with E-state index in [-0.39, 0.29) is 24.4 Å². The van der Waals surface area contributed by atoms with Crippen LogP contribution in [0.4, 0.5) is 5.69 Å². The molecular weight excluding hydrogens is 362 g/mol. The van der Waals surface area contributed by atoms with Crippen molar-refractivity contribution in [2.45, 2.75) is 39.8 Å². The van der Waals surface area contributed by atoms with Crippen molar-refractivity contribution < 1.29 is 9.59 Å². The second kappa shape index (κ2) is 9.53. The van der Waals surface area contributed by atoms with Gasteiger partial charge in [0.15, 0.2) is 0 Å². The molecule has 0 saturated carbocycles. The highest BCUT2D eigenvalue weighted by Crippen LogP contribution is 2.22. The fourth-order valence-electron chi connectivity index (χ4n) is 2.88. The molecular formula is C21H26ClN3O2. The van der Waals surface area contributed by atoms with Gasteiger partial charge in [-0.15, -0.1) is 0 Å². The summed E-state index contributed by atoms with van der Waals surface area (Å²) in [6, 6.07) is 12.8. The second-order valence-electron chi connectivity index (χ2n) is 6.66. The molecule has 2 aromatic rings. The van der Waals surface area contributed by atoms with Crippen molar-refractivity contribution in [3.8, 4) is 0 Å². The second-order valence-corrected chi connectivity index (χ2v) is 7.07. The third-order valence-corrected chi connectivity index (χ3v) is 4.78. The van der Waals surface area contributed by atoms with Crippen LogP contribution in [-0.2, 0) is 9.59 Å². The summed E-state index contributed by atoms with van der Waals surface area (Å²) in [5.41, 5.74) is 3.68. The van der Waals surface area contributed by atoms with Gasteiger partial charge in [-0.25, -0.2) is 0 Å². The van der Waals surface area contributed by atoms with Crippen LogP contribution in [0, 0.1) is 13.8 Å². The molecule has 2 atom stereocenters. The number of hydrogen-bond donors (Lipinski definition) is 3. The third-order valence-electron chi connectivity index (χ3n) is 4.43. The zero-order valence-corrected chi connectivity index (χ0v) is 16.9. The van der Waals surface area contributed by atoms with Crippen molar-refractivity contribution in [1.29, 1.82) is 0 Å². The summed E-state index contributed by atoms with van der Waals surface area (Å²) in [7, 11) is 0. The largest absolute Gasteiger partial charge is 0.346 e. The van der Waals surface area contributed by atoms with Crippen LogP contribution in [0.2, 0.25) is 5.02 Å². The van der Waals surface area contributed by atoms with E-state index in [1.54, 1.807) is 6.92 Å². The molecule has 0 radical (unpaired) electrons. The van der Waals surface area contributed by atoms with Gasteiger partial charge in [-0.2, -0.15) is 0 Å². The Morgan fingerprint density at radius 2 is 1.63 bits per heavy atom. The minimum absolute atomic E-state index is 0.0842. The maximum Gasteiger partial charge on any atom is 0.243 e. The van der Waals surface area contributed by atoms with Gasteiger partial charge in [-0.3, -0.25) is 14.9 Å². The lowest BCUT2D eigenvalue weighted by atomic mass is 10.1. The van der Waals surface area contributed by atoms with E-state index < -0.39 is 6.04 Å². The standard InChI is InChI=1S/C21H26ClN3O2/c1-13-8-7-9-14(2)20(13)25-19(26)12-23-21(27)16(4)24-15(3)17-10-5-6-11-18(17)22/h5-11,15-16,24H,12H2,1-4H3,(H,23,27)(H,25,26)/t15-,16-/m1/s1. The average molecular weight is 388 g/mol. The fourth-order valence-corrected chi connectivity index (χ4v) is 3.18. The summed E-state index contributed by atoms with van der Waals surface area (Å²) in [5.74, 6) is -0.502. The maximum absolute atomic E-state index is 12.3. The molecule has 27 heavy (non-hydrogen) atoms. The molecule has 2 rings (SSSR count). The van der Waals surface area contributed by atoms with Crippen LogP contribution >= 0.6 is 11.6 Å². The first-order valence-electron chi connectivity index (χ1n) is 8.94. The first-order chi connectivity index (χ1) is 12.8. The van der Waals surface area contributed by atoms with Crippen molar-refractivity contribution in [2.24, 2.45) is 0 Å². The number of carbonyl (C=O) groups excluding carboxylic acids is 2. The van der Waals surface area contributed by atoms with Gasteiger partial charge in [-0.05, 0) is 50.5 Å². The molecule has 144 valence electrons. The van der Waals surface area contributed by atoms with Crippen molar-refractivity contribution in [2.75, 3.05) is 11.9 Å². The van der Waals surface area contributed by atoms with E-state index in [0.29, 0.717) is 5.02 Å². The topological polar surface area (TPSA) is 70.2 Å². The summed E-state index contributed by atoms with van der Waals surface area (Å²) in [6.07, 6.45) is 0. The first-order valence-corrected chi connectivity index (χ1v) is 9.31. The van der Waals surface area contributed by atoms with Crippen molar-refractivity contribution in [3.05, 3.63) is 64.2 Å². The highest BCUT2D eigenvalue weighted by Gasteiger charge is 2.18. The average Bonchev–Trinajstić information content (AvgIpc) is 2.63. The lowest BCUT2D eigenvalue weighted by Gasteiger charge is -2.21. The van der Waals surface area contributed by atoms with Crippen LogP contribution in [0.15, 0.2) is 42.5 Å². The molecule has 0 unspecified atom stereocenters. The van der Waals surface area contributed by atoms with Crippen LogP contribution < -0.4 is 16.0 Å². The minimum Gasteiger partial charge on any atom is -0.346 e. The number of carbonyl (C=O) groups is 2. The summed E-state index contributed by atoms with van der Waals surface area (Å²) < 4.78 is 0. The number of halogens is 1. The van der Waals surface area contributed by atoms with Gasteiger partial charge in [-0.1, -0.05) is 48.0 Å². The van der Waals surface area contributed by atoms with Gasteiger partial charge in [0.1, 0.15) is 0 Å². The zero-order valence-electron chi connectivity index (χ0n) is 16.1. The van der Waals surface area contributed by atoms with Crippen molar-refractivity contribution in [1.82, 2.24) is 10.6 Å². The molecule has 0 aliphatic heterocycles. The number of nitrogens with one attached hydrogen (secondary N) is 3. The van der Waals surface area contributed by atoms with Crippen LogP contribution in [0.3, 0.4) is 0 Å². The number of rotatable bonds is 7. The third kappa shape index (κ3) is 5.81. The molecule has 0 aliphatic rings. The highest BCUT2D eigenvalue weighted by atomic mass is 35.5. The molecule has 2 amide bonds. The Kier molecular flexibility index (Phi) is 7.39. The predicted octanol–water partition coefficient (Wildman–Crippen LogP) is 3.75. The van der Waals surface area contributed by atoms with Gasteiger partial charge in [0.25, 0.3) is 0 Å². The summed E-state index contributed by atoms with van der Waals surface area (Å²) in [6.45, 7) is 7.48. The summed E-state index contributed by atoms with van der Waals surface area (Å²) >= 11 is 6.19. The molecule has 3 N–H and O–H groups in total. The van der Waals surface area contributed by atoms with E-state index in [0.717, 1.165) is 22.4 Å². The molecule has 0 fully saturated rings. The molecule has 0 spiro atoms. The first kappa shape index (κ1) is 20.9. The Bertz CT molecular complexity index is 803. The molecule has 2 aromatic carbocycles. The SMILES string of the molecule is Cc1cccc(C)c1NC(=O)CNC(=O)[C@@H](C)N[C@H](C)c1ccccc1Cl. The lowest BCUT2D eigenvalue weighted by molar-refractivity contribution is -0.125. The lowest BCUT2D eigenvalue weighted by Crippen LogP contribution is -2.45. The summed E-state index contributed by atoms with van der Waals surface area (Å²) in [4.78, 5) is 24.5. The van der Waals surface area contributed by atoms with E-state index in [9.17, 15) is 9.59 Å². The van der Waals surface area contributed by atoms with Crippen LogP contribution in [0.5, 0.6) is 0 Å². The summed E-state index contributed by atoms with van der Waals surface area (Å²) in [5, 5.41) is 9.37. The fraction of sp³-hybridized carbons (Fsp3) is 0.333. The highest BCUT2D eigenvalue weighted by molar-refractivity contribution is 6.31. The normalized spacial score (nSPS) is 12.9. The monoisotopic (exact) mass is 387 g/mol.